The molecule has 0 radical (unpaired) electrons. The first-order valence-electron chi connectivity index (χ1n) is 9.80. The van der Waals surface area contributed by atoms with Gasteiger partial charge in [-0.05, 0) is 25.0 Å². The number of nitro benzene ring substituents is 1. The minimum Gasteiger partial charge on any atom is -0.493 e. The predicted octanol–water partition coefficient (Wildman–Crippen LogP) is 2.24. The molecular formula is C20H23N5O5. The molecule has 1 aromatic heterocycles. The highest BCUT2D eigenvalue weighted by Gasteiger charge is 2.30. The van der Waals surface area contributed by atoms with Crippen LogP contribution in [0.25, 0.3) is 0 Å². The van der Waals surface area contributed by atoms with Gasteiger partial charge in [-0.2, -0.15) is 5.10 Å². The molecule has 0 atom stereocenters. The number of aromatic nitrogens is 2. The monoisotopic (exact) mass is 413 g/mol. The summed E-state index contributed by atoms with van der Waals surface area (Å²) in [7, 11) is 2.81. The highest BCUT2D eigenvalue weighted by atomic mass is 16.6. The molecule has 1 amide bonds. The van der Waals surface area contributed by atoms with Gasteiger partial charge in [0, 0.05) is 38.2 Å². The lowest BCUT2D eigenvalue weighted by atomic mass is 10.1. The standard InChI is InChI=1S/C20H23N5O5/c1-29-17-11-14(16(25(27)28)12-18(17)30-2)20(26)24-9-7-23(8-10-24)19-6-5-15(21-22-19)13-3-4-13/h5-6,11-13H,3-4,7-10H2,1-2H3. The minimum atomic E-state index is -0.581. The molecule has 2 fully saturated rings. The van der Waals surface area contributed by atoms with Gasteiger partial charge in [-0.1, -0.05) is 0 Å². The number of benzene rings is 1. The average molecular weight is 413 g/mol. The van der Waals surface area contributed by atoms with Crippen molar-refractivity contribution < 1.29 is 19.2 Å². The molecule has 30 heavy (non-hydrogen) atoms. The predicted molar refractivity (Wildman–Crippen MR) is 108 cm³/mol. The summed E-state index contributed by atoms with van der Waals surface area (Å²) >= 11 is 0. The number of nitro groups is 1. The molecule has 0 bridgehead atoms. The number of hydrogen-bond donors (Lipinski definition) is 0. The van der Waals surface area contributed by atoms with Crippen LogP contribution in [-0.4, -0.2) is 66.3 Å². The van der Waals surface area contributed by atoms with E-state index in [4.69, 9.17) is 9.47 Å². The van der Waals surface area contributed by atoms with Crippen LogP contribution in [0.15, 0.2) is 24.3 Å². The van der Waals surface area contributed by atoms with Gasteiger partial charge < -0.3 is 19.3 Å². The highest BCUT2D eigenvalue weighted by Crippen LogP contribution is 2.39. The highest BCUT2D eigenvalue weighted by molar-refractivity contribution is 5.99. The van der Waals surface area contributed by atoms with E-state index >= 15 is 0 Å². The topological polar surface area (TPSA) is 111 Å². The molecule has 158 valence electrons. The Hall–Kier alpha value is -3.43. The first-order chi connectivity index (χ1) is 14.5. The number of methoxy groups -OCH3 is 2. The van der Waals surface area contributed by atoms with Crippen molar-refractivity contribution in [1.82, 2.24) is 15.1 Å². The molecular weight excluding hydrogens is 390 g/mol. The zero-order chi connectivity index (χ0) is 21.3. The Kier molecular flexibility index (Phi) is 5.39. The zero-order valence-corrected chi connectivity index (χ0v) is 16.9. The third-order valence-corrected chi connectivity index (χ3v) is 5.49. The van der Waals surface area contributed by atoms with Gasteiger partial charge in [0.25, 0.3) is 11.6 Å². The molecule has 2 aromatic rings. The van der Waals surface area contributed by atoms with Gasteiger partial charge in [-0.15, -0.1) is 5.10 Å². The first kappa shape index (κ1) is 19.9. The molecule has 1 aromatic carbocycles. The molecule has 1 aliphatic carbocycles. The Morgan fingerprint density at radius 2 is 1.73 bits per heavy atom. The van der Waals surface area contributed by atoms with Gasteiger partial charge in [-0.3, -0.25) is 14.9 Å². The van der Waals surface area contributed by atoms with Crippen molar-refractivity contribution in [3.63, 3.8) is 0 Å². The van der Waals surface area contributed by atoms with Gasteiger partial charge >= 0.3 is 0 Å². The number of carbonyl (C=O) groups is 1. The van der Waals surface area contributed by atoms with Crippen LogP contribution >= 0.6 is 0 Å². The molecule has 4 rings (SSSR count). The molecule has 10 heteroatoms. The van der Waals surface area contributed by atoms with E-state index in [1.54, 1.807) is 4.90 Å². The molecule has 2 aliphatic rings. The summed E-state index contributed by atoms with van der Waals surface area (Å²) in [5.74, 6) is 1.41. The first-order valence-corrected chi connectivity index (χ1v) is 9.80. The second kappa shape index (κ2) is 8.13. The number of ether oxygens (including phenoxy) is 2. The van der Waals surface area contributed by atoms with E-state index in [1.165, 1.54) is 39.2 Å². The number of rotatable bonds is 6. The van der Waals surface area contributed by atoms with E-state index in [0.29, 0.717) is 32.1 Å². The van der Waals surface area contributed by atoms with E-state index in [-0.39, 0.29) is 22.7 Å². The summed E-state index contributed by atoms with van der Waals surface area (Å²) in [5.41, 5.74) is 0.717. The summed E-state index contributed by atoms with van der Waals surface area (Å²) in [6.07, 6.45) is 2.36. The maximum absolute atomic E-state index is 13.0. The molecule has 10 nitrogen and oxygen atoms in total. The maximum atomic E-state index is 13.0. The zero-order valence-electron chi connectivity index (χ0n) is 16.9. The number of piperazine rings is 1. The van der Waals surface area contributed by atoms with Gasteiger partial charge in [-0.25, -0.2) is 0 Å². The van der Waals surface area contributed by atoms with E-state index in [0.717, 1.165) is 11.5 Å². The third kappa shape index (κ3) is 3.85. The lowest BCUT2D eigenvalue weighted by molar-refractivity contribution is -0.385. The van der Waals surface area contributed by atoms with Gasteiger partial charge in [0.2, 0.25) is 0 Å². The van der Waals surface area contributed by atoms with Gasteiger partial charge in [0.15, 0.2) is 17.3 Å². The van der Waals surface area contributed by atoms with E-state index in [2.05, 4.69) is 15.1 Å². The lowest BCUT2D eigenvalue weighted by Gasteiger charge is -2.35. The number of amides is 1. The van der Waals surface area contributed by atoms with Crippen molar-refractivity contribution in [1.29, 1.82) is 0 Å². The van der Waals surface area contributed by atoms with Crippen molar-refractivity contribution >= 4 is 17.4 Å². The van der Waals surface area contributed by atoms with Crippen LogP contribution in [0.4, 0.5) is 11.5 Å². The van der Waals surface area contributed by atoms with Crippen molar-refractivity contribution in [3.05, 3.63) is 45.6 Å². The average Bonchev–Trinajstić information content (AvgIpc) is 3.63. The Bertz CT molecular complexity index is 953. The summed E-state index contributed by atoms with van der Waals surface area (Å²) in [6.45, 7) is 2.00. The van der Waals surface area contributed by atoms with E-state index in [1.807, 2.05) is 12.1 Å². The van der Waals surface area contributed by atoms with Crippen LogP contribution in [0.5, 0.6) is 11.5 Å². The smallest absolute Gasteiger partial charge is 0.286 e. The Labute approximate surface area is 173 Å². The SMILES string of the molecule is COc1cc(C(=O)N2CCN(c3ccc(C4CC4)nn3)CC2)c([N+](=O)[O-])cc1OC. The van der Waals surface area contributed by atoms with Gasteiger partial charge in [0.1, 0.15) is 5.56 Å². The fourth-order valence-electron chi connectivity index (χ4n) is 3.60. The van der Waals surface area contributed by atoms with E-state index in [9.17, 15) is 14.9 Å². The van der Waals surface area contributed by atoms with Crippen LogP contribution in [-0.2, 0) is 0 Å². The van der Waals surface area contributed by atoms with Crippen molar-refractivity contribution in [2.24, 2.45) is 0 Å². The summed E-state index contributed by atoms with van der Waals surface area (Å²) in [4.78, 5) is 27.6. The van der Waals surface area contributed by atoms with Crippen LogP contribution < -0.4 is 14.4 Å². The Morgan fingerprint density at radius 1 is 1.07 bits per heavy atom. The quantitative estimate of drug-likeness (QED) is 0.524. The van der Waals surface area contributed by atoms with Crippen molar-refractivity contribution in [3.8, 4) is 11.5 Å². The fourth-order valence-corrected chi connectivity index (χ4v) is 3.60. The minimum absolute atomic E-state index is 0.0142. The molecule has 1 aliphatic heterocycles. The van der Waals surface area contributed by atoms with Crippen LogP contribution in [0.1, 0.15) is 34.8 Å². The molecule has 0 N–H and O–H groups in total. The molecule has 0 unspecified atom stereocenters. The molecule has 0 spiro atoms. The summed E-state index contributed by atoms with van der Waals surface area (Å²) < 4.78 is 10.3. The fraction of sp³-hybridized carbons (Fsp3) is 0.450. The number of nitrogens with zero attached hydrogens (tertiary/aromatic N) is 5. The number of carbonyl (C=O) groups excluding carboxylic acids is 1. The molecule has 1 saturated heterocycles. The third-order valence-electron chi connectivity index (χ3n) is 5.49. The lowest BCUT2D eigenvalue weighted by Crippen LogP contribution is -2.49. The normalized spacial score (nSPS) is 16.3. The van der Waals surface area contributed by atoms with Crippen LogP contribution in [0.2, 0.25) is 0 Å². The maximum Gasteiger partial charge on any atom is 0.286 e. The summed E-state index contributed by atoms with van der Waals surface area (Å²) in [5, 5.41) is 20.1. The second-order valence-corrected chi connectivity index (χ2v) is 7.35. The van der Waals surface area contributed by atoms with Crippen molar-refractivity contribution in [2.45, 2.75) is 18.8 Å². The Balaban J connectivity index is 1.48. The number of hydrogen-bond acceptors (Lipinski definition) is 8. The summed E-state index contributed by atoms with van der Waals surface area (Å²) in [6, 6.07) is 6.58. The van der Waals surface area contributed by atoms with Crippen LogP contribution in [0, 0.1) is 10.1 Å². The van der Waals surface area contributed by atoms with Crippen molar-refractivity contribution in [2.75, 3.05) is 45.3 Å². The Morgan fingerprint density at radius 3 is 2.27 bits per heavy atom. The largest absolute Gasteiger partial charge is 0.493 e. The van der Waals surface area contributed by atoms with Crippen LogP contribution in [0.3, 0.4) is 0 Å². The second-order valence-electron chi connectivity index (χ2n) is 7.35. The van der Waals surface area contributed by atoms with E-state index < -0.39 is 10.8 Å². The number of anilines is 1. The molecule has 1 saturated carbocycles. The van der Waals surface area contributed by atoms with Gasteiger partial charge in [0.05, 0.1) is 30.9 Å². The molecule has 2 heterocycles.